The topological polar surface area (TPSA) is 24.9 Å². The normalized spacial score (nSPS) is 11.3. The molecule has 1 N–H and O–H groups in total. The number of anilines is 1. The molecule has 2 nitrogen and oxygen atoms in total. The third kappa shape index (κ3) is 3.00. The molecule has 0 bridgehead atoms. The minimum Gasteiger partial charge on any atom is -0.366 e. The van der Waals surface area contributed by atoms with E-state index in [9.17, 15) is 13.2 Å². The van der Waals surface area contributed by atoms with Gasteiger partial charge in [0.05, 0.1) is 5.56 Å². The first-order valence-electron chi connectivity index (χ1n) is 5.37. The second-order valence-electron chi connectivity index (χ2n) is 3.72. The van der Waals surface area contributed by atoms with Crippen LogP contribution in [0.4, 0.5) is 19.0 Å². The van der Waals surface area contributed by atoms with Crippen molar-refractivity contribution in [3.05, 3.63) is 59.8 Å². The average Bonchev–Trinajstić information content (AvgIpc) is 2.37. The molecular weight excluding hydrogens is 241 g/mol. The number of halogens is 3. The quantitative estimate of drug-likeness (QED) is 0.900. The average molecular weight is 252 g/mol. The Morgan fingerprint density at radius 1 is 1.00 bits per heavy atom. The van der Waals surface area contributed by atoms with Crippen molar-refractivity contribution in [2.75, 3.05) is 5.32 Å². The second kappa shape index (κ2) is 5.08. The van der Waals surface area contributed by atoms with Crippen molar-refractivity contribution >= 4 is 5.82 Å². The summed E-state index contributed by atoms with van der Waals surface area (Å²) in [6.45, 7) is 0.0900. The van der Waals surface area contributed by atoms with Crippen LogP contribution in [0, 0.1) is 0 Å². The first kappa shape index (κ1) is 12.4. The van der Waals surface area contributed by atoms with Crippen LogP contribution in [0.3, 0.4) is 0 Å². The van der Waals surface area contributed by atoms with Crippen LogP contribution in [0.5, 0.6) is 0 Å². The van der Waals surface area contributed by atoms with Crippen molar-refractivity contribution in [2.45, 2.75) is 12.7 Å². The second-order valence-corrected chi connectivity index (χ2v) is 3.72. The molecular formula is C13H11F3N2. The molecule has 0 saturated heterocycles. The van der Waals surface area contributed by atoms with Crippen LogP contribution in [-0.2, 0) is 12.7 Å². The summed E-state index contributed by atoms with van der Waals surface area (Å²) >= 11 is 0. The molecule has 18 heavy (non-hydrogen) atoms. The molecule has 0 aliphatic carbocycles. The number of pyridine rings is 1. The summed E-state index contributed by atoms with van der Waals surface area (Å²) in [6, 6.07) is 10.7. The number of rotatable bonds is 3. The molecule has 2 rings (SSSR count). The molecule has 0 aliphatic rings. The summed E-state index contributed by atoms with van der Waals surface area (Å²) in [4.78, 5) is 3.99. The molecule has 2 aromatic rings. The minimum atomic E-state index is -4.33. The number of hydrogen-bond acceptors (Lipinski definition) is 2. The molecule has 0 atom stereocenters. The van der Waals surface area contributed by atoms with Crippen molar-refractivity contribution < 1.29 is 13.2 Å². The van der Waals surface area contributed by atoms with Gasteiger partial charge in [0.25, 0.3) is 0 Å². The molecule has 1 aromatic carbocycles. The van der Waals surface area contributed by atoms with Gasteiger partial charge in [0.1, 0.15) is 5.82 Å². The molecule has 0 unspecified atom stereocenters. The van der Waals surface area contributed by atoms with Gasteiger partial charge in [0, 0.05) is 12.7 Å². The number of alkyl halides is 3. The van der Waals surface area contributed by atoms with Gasteiger partial charge in [-0.3, -0.25) is 0 Å². The Labute approximate surface area is 102 Å². The highest BCUT2D eigenvalue weighted by Gasteiger charge is 2.32. The summed E-state index contributed by atoms with van der Waals surface area (Å²) in [5.74, 6) is 0.550. The molecule has 1 aromatic heterocycles. The van der Waals surface area contributed by atoms with Crippen LogP contribution in [0.25, 0.3) is 0 Å². The fourth-order valence-corrected chi connectivity index (χ4v) is 1.60. The fourth-order valence-electron chi connectivity index (χ4n) is 1.60. The summed E-state index contributed by atoms with van der Waals surface area (Å²) in [5, 5.41) is 2.86. The zero-order valence-corrected chi connectivity index (χ0v) is 9.41. The third-order valence-electron chi connectivity index (χ3n) is 2.45. The van der Waals surface area contributed by atoms with Gasteiger partial charge in [-0.2, -0.15) is 13.2 Å². The predicted molar refractivity (Wildman–Crippen MR) is 63.0 cm³/mol. The van der Waals surface area contributed by atoms with Crippen molar-refractivity contribution in [1.82, 2.24) is 4.98 Å². The fraction of sp³-hybridized carbons (Fsp3) is 0.154. The van der Waals surface area contributed by atoms with E-state index in [1.165, 1.54) is 12.1 Å². The van der Waals surface area contributed by atoms with Crippen molar-refractivity contribution in [2.24, 2.45) is 0 Å². The Morgan fingerprint density at radius 2 is 1.72 bits per heavy atom. The smallest absolute Gasteiger partial charge is 0.366 e. The van der Waals surface area contributed by atoms with E-state index in [0.29, 0.717) is 5.82 Å². The highest BCUT2D eigenvalue weighted by molar-refractivity contribution is 5.37. The lowest BCUT2D eigenvalue weighted by Crippen LogP contribution is -2.11. The van der Waals surface area contributed by atoms with Gasteiger partial charge in [-0.25, -0.2) is 4.98 Å². The molecule has 0 fully saturated rings. The molecule has 94 valence electrons. The maximum Gasteiger partial charge on any atom is 0.416 e. The van der Waals surface area contributed by atoms with E-state index < -0.39 is 11.7 Å². The van der Waals surface area contributed by atoms with Crippen LogP contribution in [0.15, 0.2) is 48.7 Å². The van der Waals surface area contributed by atoms with Gasteiger partial charge in [-0.05, 0) is 23.8 Å². The van der Waals surface area contributed by atoms with E-state index in [1.54, 1.807) is 30.5 Å². The summed E-state index contributed by atoms with van der Waals surface area (Å²) in [5.41, 5.74) is -0.413. The lowest BCUT2D eigenvalue weighted by atomic mass is 10.1. The molecule has 0 spiro atoms. The first-order valence-corrected chi connectivity index (χ1v) is 5.37. The maximum atomic E-state index is 12.7. The van der Waals surface area contributed by atoms with Gasteiger partial charge in [-0.1, -0.05) is 24.3 Å². The highest BCUT2D eigenvalue weighted by atomic mass is 19.4. The van der Waals surface area contributed by atoms with E-state index in [1.807, 2.05) is 0 Å². The first-order chi connectivity index (χ1) is 8.57. The van der Waals surface area contributed by atoms with E-state index in [-0.39, 0.29) is 12.1 Å². The standard InChI is InChI=1S/C13H11F3N2/c14-13(15,16)11-6-2-1-5-10(11)9-18-12-7-3-4-8-17-12/h1-8H,9H2,(H,17,18). The van der Waals surface area contributed by atoms with E-state index in [4.69, 9.17) is 0 Å². The zero-order valence-electron chi connectivity index (χ0n) is 9.41. The Morgan fingerprint density at radius 3 is 2.39 bits per heavy atom. The van der Waals surface area contributed by atoms with Crippen LogP contribution >= 0.6 is 0 Å². The lowest BCUT2D eigenvalue weighted by Gasteiger charge is -2.13. The van der Waals surface area contributed by atoms with Crippen molar-refractivity contribution in [3.63, 3.8) is 0 Å². The largest absolute Gasteiger partial charge is 0.416 e. The number of aromatic nitrogens is 1. The molecule has 0 aliphatic heterocycles. The Kier molecular flexibility index (Phi) is 3.50. The predicted octanol–water partition coefficient (Wildman–Crippen LogP) is 3.71. The SMILES string of the molecule is FC(F)(F)c1ccccc1CNc1ccccn1. The Bertz CT molecular complexity index is 509. The maximum absolute atomic E-state index is 12.7. The number of benzene rings is 1. The molecule has 1 heterocycles. The van der Waals surface area contributed by atoms with Crippen LogP contribution in [-0.4, -0.2) is 4.98 Å². The molecule has 0 saturated carbocycles. The van der Waals surface area contributed by atoms with Crippen LogP contribution in [0.2, 0.25) is 0 Å². The van der Waals surface area contributed by atoms with E-state index in [0.717, 1.165) is 6.07 Å². The van der Waals surface area contributed by atoms with Gasteiger partial charge >= 0.3 is 6.18 Å². The summed E-state index contributed by atoms with van der Waals surface area (Å²) in [6.07, 6.45) is -2.75. The highest BCUT2D eigenvalue weighted by Crippen LogP contribution is 2.31. The Balaban J connectivity index is 2.15. The summed E-state index contributed by atoms with van der Waals surface area (Å²) in [7, 11) is 0. The van der Waals surface area contributed by atoms with Crippen molar-refractivity contribution in [1.29, 1.82) is 0 Å². The van der Waals surface area contributed by atoms with Gasteiger partial charge in [0.15, 0.2) is 0 Å². The summed E-state index contributed by atoms with van der Waals surface area (Å²) < 4.78 is 38.2. The molecule has 5 heteroatoms. The van der Waals surface area contributed by atoms with Gasteiger partial charge < -0.3 is 5.32 Å². The Hall–Kier alpha value is -2.04. The van der Waals surface area contributed by atoms with Crippen molar-refractivity contribution in [3.8, 4) is 0 Å². The number of nitrogens with zero attached hydrogens (tertiary/aromatic N) is 1. The van der Waals surface area contributed by atoms with E-state index in [2.05, 4.69) is 10.3 Å². The molecule has 0 amide bonds. The molecule has 0 radical (unpaired) electrons. The zero-order chi connectivity index (χ0) is 13.0. The van der Waals surface area contributed by atoms with Crippen LogP contribution in [0.1, 0.15) is 11.1 Å². The van der Waals surface area contributed by atoms with Crippen LogP contribution < -0.4 is 5.32 Å². The lowest BCUT2D eigenvalue weighted by molar-refractivity contribution is -0.138. The number of hydrogen-bond donors (Lipinski definition) is 1. The van der Waals surface area contributed by atoms with Gasteiger partial charge in [0.2, 0.25) is 0 Å². The number of nitrogens with one attached hydrogen (secondary N) is 1. The third-order valence-corrected chi connectivity index (χ3v) is 2.45. The van der Waals surface area contributed by atoms with Gasteiger partial charge in [-0.15, -0.1) is 0 Å². The van der Waals surface area contributed by atoms with E-state index >= 15 is 0 Å². The minimum absolute atomic E-state index is 0.0900. The monoisotopic (exact) mass is 252 g/mol.